The molecule has 0 spiro atoms. The summed E-state index contributed by atoms with van der Waals surface area (Å²) in [7, 11) is 0. The van der Waals surface area contributed by atoms with Crippen molar-refractivity contribution in [3.63, 3.8) is 0 Å². The number of rotatable bonds is 5. The molecule has 0 aromatic carbocycles. The highest BCUT2D eigenvalue weighted by Crippen LogP contribution is 2.52. The second-order valence-electron chi connectivity index (χ2n) is 9.09. The van der Waals surface area contributed by atoms with Crippen molar-refractivity contribution in [1.82, 2.24) is 9.88 Å². The molecule has 1 aromatic heterocycles. The van der Waals surface area contributed by atoms with Gasteiger partial charge in [-0.05, 0) is 56.6 Å². The van der Waals surface area contributed by atoms with Gasteiger partial charge in [-0.3, -0.25) is 4.79 Å². The number of nitrogens with zero attached hydrogens (tertiary/aromatic N) is 1. The fourth-order valence-electron chi connectivity index (χ4n) is 6.24. The lowest BCUT2D eigenvalue weighted by molar-refractivity contribution is -0.174. The smallest absolute Gasteiger partial charge is 0.224 e. The van der Waals surface area contributed by atoms with E-state index in [1.807, 2.05) is 6.08 Å². The van der Waals surface area contributed by atoms with Crippen LogP contribution in [-0.4, -0.2) is 38.6 Å². The molecule has 1 amide bonds. The molecular weight excluding hydrogens is 336 g/mol. The van der Waals surface area contributed by atoms with E-state index in [1.54, 1.807) is 6.08 Å². The summed E-state index contributed by atoms with van der Waals surface area (Å²) in [5.74, 6) is 0.914. The highest BCUT2D eigenvalue weighted by atomic mass is 16.3. The second kappa shape index (κ2) is 5.96. The molecule has 142 valence electrons. The van der Waals surface area contributed by atoms with E-state index >= 15 is 0 Å². The number of fused-ring (bicyclic) bond motifs is 1. The molecule has 2 aliphatic heterocycles. The summed E-state index contributed by atoms with van der Waals surface area (Å²) in [5, 5.41) is 10.8. The summed E-state index contributed by atoms with van der Waals surface area (Å²) in [6.07, 6.45) is 15.2. The fraction of sp³-hybridized carbons (Fsp3) is 0.522. The Morgan fingerprint density at radius 3 is 2.67 bits per heavy atom. The maximum absolute atomic E-state index is 13.4. The molecule has 3 unspecified atom stereocenters. The third-order valence-corrected chi connectivity index (χ3v) is 7.27. The molecule has 2 saturated heterocycles. The van der Waals surface area contributed by atoms with E-state index in [9.17, 15) is 9.90 Å². The largest absolute Gasteiger partial charge is 0.390 e. The summed E-state index contributed by atoms with van der Waals surface area (Å²) in [4.78, 5) is 18.9. The van der Waals surface area contributed by atoms with Gasteiger partial charge < -0.3 is 15.0 Å². The number of carbonyl (C=O) groups is 1. The lowest BCUT2D eigenvalue weighted by atomic mass is 9.61. The Morgan fingerprint density at radius 2 is 2.11 bits per heavy atom. The predicted octanol–water partition coefficient (Wildman–Crippen LogP) is 4.01. The third-order valence-electron chi connectivity index (χ3n) is 7.27. The van der Waals surface area contributed by atoms with Crippen LogP contribution in [0.2, 0.25) is 0 Å². The van der Waals surface area contributed by atoms with Crippen molar-refractivity contribution in [2.45, 2.75) is 69.1 Å². The Labute approximate surface area is 160 Å². The molecule has 3 aliphatic carbocycles. The number of aliphatic hydroxyl groups is 1. The van der Waals surface area contributed by atoms with E-state index in [2.05, 4.69) is 41.7 Å². The molecule has 27 heavy (non-hydrogen) atoms. The van der Waals surface area contributed by atoms with Gasteiger partial charge in [-0.25, -0.2) is 0 Å². The van der Waals surface area contributed by atoms with Crippen molar-refractivity contribution in [2.75, 3.05) is 0 Å². The van der Waals surface area contributed by atoms with Crippen LogP contribution >= 0.6 is 0 Å². The Balaban J connectivity index is 1.40. The number of allylic oxidation sites excluding steroid dienone is 3. The Morgan fingerprint density at radius 1 is 1.37 bits per heavy atom. The first-order valence-electron chi connectivity index (χ1n) is 10.2. The minimum atomic E-state index is -0.514. The molecule has 3 heterocycles. The maximum atomic E-state index is 13.4. The minimum Gasteiger partial charge on any atom is -0.390 e. The summed E-state index contributed by atoms with van der Waals surface area (Å²) in [5.41, 5.74) is 4.26. The normalized spacial score (nSPS) is 34.4. The molecule has 1 aromatic rings. The van der Waals surface area contributed by atoms with E-state index in [4.69, 9.17) is 0 Å². The van der Waals surface area contributed by atoms with Crippen LogP contribution in [0.25, 0.3) is 12.2 Å². The molecule has 4 nitrogen and oxygen atoms in total. The maximum Gasteiger partial charge on any atom is 0.224 e. The minimum absolute atomic E-state index is 0.0701. The van der Waals surface area contributed by atoms with E-state index in [1.165, 1.54) is 16.7 Å². The molecule has 5 aliphatic rings. The van der Waals surface area contributed by atoms with Crippen molar-refractivity contribution in [3.05, 3.63) is 47.3 Å². The van der Waals surface area contributed by atoms with E-state index < -0.39 is 5.60 Å². The number of amides is 1. The van der Waals surface area contributed by atoms with Crippen molar-refractivity contribution < 1.29 is 9.90 Å². The summed E-state index contributed by atoms with van der Waals surface area (Å²) < 4.78 is 0. The first-order valence-corrected chi connectivity index (χ1v) is 10.2. The van der Waals surface area contributed by atoms with Gasteiger partial charge in [0, 0.05) is 41.9 Å². The highest BCUT2D eigenvalue weighted by molar-refractivity contribution is 5.87. The Hall–Kier alpha value is -2.07. The van der Waals surface area contributed by atoms with Crippen LogP contribution in [-0.2, 0) is 4.79 Å². The molecule has 0 radical (unpaired) electrons. The van der Waals surface area contributed by atoms with Crippen LogP contribution in [0.1, 0.15) is 68.2 Å². The topological polar surface area (TPSA) is 56.3 Å². The van der Waals surface area contributed by atoms with Crippen LogP contribution in [0.15, 0.2) is 30.5 Å². The van der Waals surface area contributed by atoms with Gasteiger partial charge in [0.15, 0.2) is 0 Å². The lowest BCUT2D eigenvalue weighted by Crippen LogP contribution is -2.65. The van der Waals surface area contributed by atoms with E-state index in [0.717, 1.165) is 37.8 Å². The van der Waals surface area contributed by atoms with Gasteiger partial charge >= 0.3 is 0 Å². The van der Waals surface area contributed by atoms with Gasteiger partial charge in [-0.2, -0.15) is 0 Å². The third kappa shape index (κ3) is 2.65. The average molecular weight is 364 g/mol. The van der Waals surface area contributed by atoms with E-state index in [0.29, 0.717) is 12.3 Å². The zero-order chi connectivity index (χ0) is 18.8. The number of H-pyrrole nitrogens is 1. The standard InChI is InChI=1S/C23H28N2O2/c1-3-4-14(2)19(20-13-24-21-6-5-18(20)21)9-22(26)25-16-7-15-8-17(25)12-23(27,10-15)11-16/h3-6,13,15-17,19,24,27H,1,7-12H2,2H3. The van der Waals surface area contributed by atoms with Gasteiger partial charge in [-0.1, -0.05) is 30.4 Å². The van der Waals surface area contributed by atoms with Crippen molar-refractivity contribution in [2.24, 2.45) is 5.92 Å². The van der Waals surface area contributed by atoms with Crippen molar-refractivity contribution in [1.29, 1.82) is 0 Å². The number of nitrogens with one attached hydrogen (secondary N) is 1. The fourth-order valence-corrected chi connectivity index (χ4v) is 6.24. The van der Waals surface area contributed by atoms with Gasteiger partial charge in [-0.15, -0.1) is 0 Å². The molecule has 4 fully saturated rings. The van der Waals surface area contributed by atoms with E-state index in [-0.39, 0.29) is 23.9 Å². The number of carbonyl (C=O) groups excluding carboxylic acids is 1. The monoisotopic (exact) mass is 364 g/mol. The van der Waals surface area contributed by atoms with Crippen LogP contribution in [0.5, 0.6) is 0 Å². The van der Waals surface area contributed by atoms with Gasteiger partial charge in [0.05, 0.1) is 5.60 Å². The SMILES string of the molecule is C=CC=C(C)C(CC(=O)N1C2CC3CC1CC(O)(C3)C2)c1c[nH]c2c1C=C2. The van der Waals surface area contributed by atoms with Gasteiger partial charge in [0.25, 0.3) is 0 Å². The predicted molar refractivity (Wildman–Crippen MR) is 107 cm³/mol. The van der Waals surface area contributed by atoms with Crippen LogP contribution < -0.4 is 0 Å². The Bertz CT molecular complexity index is 846. The van der Waals surface area contributed by atoms with Crippen LogP contribution in [0, 0.1) is 5.92 Å². The summed E-state index contributed by atoms with van der Waals surface area (Å²) in [6.45, 7) is 5.93. The van der Waals surface area contributed by atoms with Crippen molar-refractivity contribution >= 4 is 18.1 Å². The summed E-state index contributed by atoms with van der Waals surface area (Å²) in [6, 6.07) is 0.458. The van der Waals surface area contributed by atoms with Crippen molar-refractivity contribution in [3.8, 4) is 0 Å². The number of hydrogen-bond acceptors (Lipinski definition) is 2. The first-order chi connectivity index (χ1) is 13.0. The Kier molecular flexibility index (Phi) is 3.77. The second-order valence-corrected chi connectivity index (χ2v) is 9.09. The molecule has 4 heteroatoms. The molecule has 6 rings (SSSR count). The quantitative estimate of drug-likeness (QED) is 0.788. The number of piperidine rings is 2. The first kappa shape index (κ1) is 17.1. The van der Waals surface area contributed by atoms with Crippen LogP contribution in [0.3, 0.4) is 0 Å². The molecule has 2 N–H and O–H groups in total. The summed E-state index contributed by atoms with van der Waals surface area (Å²) >= 11 is 0. The van der Waals surface area contributed by atoms with Crippen LogP contribution in [0.4, 0.5) is 0 Å². The number of hydrogen-bond donors (Lipinski definition) is 2. The molecule has 4 bridgehead atoms. The average Bonchev–Trinajstić information content (AvgIpc) is 2.84. The lowest BCUT2D eigenvalue weighted by Gasteiger charge is -2.59. The van der Waals surface area contributed by atoms with Gasteiger partial charge in [0.1, 0.15) is 0 Å². The highest BCUT2D eigenvalue weighted by Gasteiger charge is 2.55. The molecule has 2 saturated carbocycles. The molecule has 3 atom stereocenters. The number of aromatic amines is 1. The number of aromatic nitrogens is 1. The zero-order valence-electron chi connectivity index (χ0n) is 15.9. The van der Waals surface area contributed by atoms with Gasteiger partial charge in [0.2, 0.25) is 5.91 Å². The molecular formula is C23H28N2O2. The zero-order valence-corrected chi connectivity index (χ0v) is 15.9.